The Balaban J connectivity index is 1.82. The predicted molar refractivity (Wildman–Crippen MR) is 129 cm³/mol. The topological polar surface area (TPSA) is 92.2 Å². The van der Waals surface area contributed by atoms with Crippen LogP contribution < -0.4 is 16.4 Å². The van der Waals surface area contributed by atoms with E-state index in [1.807, 2.05) is 49.4 Å². The van der Waals surface area contributed by atoms with Crippen molar-refractivity contribution in [2.24, 2.45) is 0 Å². The van der Waals surface area contributed by atoms with Gasteiger partial charge in [0.05, 0.1) is 10.9 Å². The molecule has 0 aliphatic carbocycles. The van der Waals surface area contributed by atoms with E-state index in [4.69, 9.17) is 10.4 Å². The van der Waals surface area contributed by atoms with Gasteiger partial charge < -0.3 is 9.88 Å². The molecule has 0 radical (unpaired) electrons. The fourth-order valence-electron chi connectivity index (χ4n) is 4.00. The number of nitrogens with one attached hydrogen (secondary N) is 2. The lowest BCUT2D eigenvalue weighted by atomic mass is 10.1. The fraction of sp³-hybridized carbons (Fsp3) is 0.308. The summed E-state index contributed by atoms with van der Waals surface area (Å²) in [5.74, 6) is -0.373. The van der Waals surface area contributed by atoms with Crippen molar-refractivity contribution in [1.29, 1.82) is 5.41 Å². The van der Waals surface area contributed by atoms with Crippen LogP contribution >= 0.6 is 0 Å². The van der Waals surface area contributed by atoms with Crippen molar-refractivity contribution in [3.63, 3.8) is 0 Å². The fourth-order valence-corrected chi connectivity index (χ4v) is 4.00. The molecule has 0 aliphatic heterocycles. The molecule has 0 fully saturated rings. The molecule has 1 amide bonds. The van der Waals surface area contributed by atoms with Gasteiger partial charge in [-0.15, -0.1) is 0 Å². The largest absolute Gasteiger partial charge is 0.348 e. The third-order valence-electron chi connectivity index (χ3n) is 5.83. The molecule has 4 aromatic rings. The first-order valence-electron chi connectivity index (χ1n) is 11.4. The third kappa shape index (κ3) is 4.72. The first-order chi connectivity index (χ1) is 16.0. The number of pyridine rings is 2. The van der Waals surface area contributed by atoms with Crippen LogP contribution in [0.3, 0.4) is 0 Å². The van der Waals surface area contributed by atoms with Crippen molar-refractivity contribution in [2.75, 3.05) is 0 Å². The SMILES string of the molecule is CCCCCCn1c(=N)c(C(=O)NCc2ccccc2)cc2c(=O)n3cc(C)ccc3nc21. The number of aromatic nitrogens is 3. The Labute approximate surface area is 192 Å². The highest BCUT2D eigenvalue weighted by molar-refractivity contribution is 5.96. The molecule has 0 saturated carbocycles. The molecule has 7 nitrogen and oxygen atoms in total. The van der Waals surface area contributed by atoms with Crippen LogP contribution in [0.25, 0.3) is 16.7 Å². The smallest absolute Gasteiger partial charge is 0.267 e. The second-order valence-electron chi connectivity index (χ2n) is 8.38. The summed E-state index contributed by atoms with van der Waals surface area (Å²) < 4.78 is 3.22. The number of benzene rings is 1. The molecular weight excluding hydrogens is 414 g/mol. The molecule has 4 rings (SSSR count). The summed E-state index contributed by atoms with van der Waals surface area (Å²) in [6.07, 6.45) is 5.82. The van der Waals surface area contributed by atoms with E-state index in [0.29, 0.717) is 29.8 Å². The van der Waals surface area contributed by atoms with Crippen molar-refractivity contribution in [3.8, 4) is 0 Å². The van der Waals surface area contributed by atoms with Crippen LogP contribution in [0, 0.1) is 12.3 Å². The predicted octanol–water partition coefficient (Wildman–Crippen LogP) is 3.95. The Hall–Kier alpha value is -3.74. The van der Waals surface area contributed by atoms with Crippen molar-refractivity contribution in [3.05, 3.63) is 87.3 Å². The molecule has 33 heavy (non-hydrogen) atoms. The van der Waals surface area contributed by atoms with Gasteiger partial charge in [0.1, 0.15) is 16.8 Å². The maximum atomic E-state index is 13.4. The molecule has 3 heterocycles. The van der Waals surface area contributed by atoms with E-state index >= 15 is 0 Å². The van der Waals surface area contributed by atoms with E-state index in [1.54, 1.807) is 10.8 Å². The second kappa shape index (κ2) is 9.81. The summed E-state index contributed by atoms with van der Waals surface area (Å²) in [4.78, 5) is 31.1. The highest BCUT2D eigenvalue weighted by Gasteiger charge is 2.17. The summed E-state index contributed by atoms with van der Waals surface area (Å²) in [5.41, 5.74) is 2.91. The van der Waals surface area contributed by atoms with Crippen LogP contribution in [-0.2, 0) is 13.1 Å². The number of carbonyl (C=O) groups is 1. The number of carbonyl (C=O) groups excluding carboxylic acids is 1. The van der Waals surface area contributed by atoms with Gasteiger partial charge in [0, 0.05) is 19.3 Å². The Morgan fingerprint density at radius 2 is 1.88 bits per heavy atom. The van der Waals surface area contributed by atoms with Crippen LogP contribution in [0.15, 0.2) is 59.5 Å². The lowest BCUT2D eigenvalue weighted by molar-refractivity contribution is 0.0948. The van der Waals surface area contributed by atoms with E-state index in [-0.39, 0.29) is 22.5 Å². The minimum atomic E-state index is -0.373. The standard InChI is InChI=1S/C26H29N5O2/c1-3-4-5-9-14-30-23(27)20(25(32)28-16-19-10-7-6-8-11-19)15-21-24(30)29-22-13-12-18(2)17-31(22)26(21)33/h6-8,10-13,15,17,27H,3-5,9,14,16H2,1-2H3,(H,28,32). The summed E-state index contributed by atoms with van der Waals surface area (Å²) in [6, 6.07) is 14.8. The summed E-state index contributed by atoms with van der Waals surface area (Å²) in [6.45, 7) is 4.94. The van der Waals surface area contributed by atoms with Gasteiger partial charge >= 0.3 is 0 Å². The molecule has 2 N–H and O–H groups in total. The maximum absolute atomic E-state index is 13.4. The number of unbranched alkanes of at least 4 members (excludes halogenated alkanes) is 3. The lowest BCUT2D eigenvalue weighted by Gasteiger charge is -2.15. The molecule has 1 aromatic carbocycles. The first kappa shape index (κ1) is 22.5. The Morgan fingerprint density at radius 1 is 1.09 bits per heavy atom. The normalized spacial score (nSPS) is 11.2. The van der Waals surface area contributed by atoms with Gasteiger partial charge in [-0.2, -0.15) is 0 Å². The molecule has 0 bridgehead atoms. The molecule has 0 spiro atoms. The molecule has 0 atom stereocenters. The number of hydrogen-bond donors (Lipinski definition) is 2. The van der Waals surface area contributed by atoms with Gasteiger partial charge in [-0.05, 0) is 36.6 Å². The highest BCUT2D eigenvalue weighted by atomic mass is 16.1. The molecule has 0 unspecified atom stereocenters. The zero-order valence-corrected chi connectivity index (χ0v) is 19.1. The minimum Gasteiger partial charge on any atom is -0.348 e. The quantitative estimate of drug-likeness (QED) is 0.319. The highest BCUT2D eigenvalue weighted by Crippen LogP contribution is 2.13. The van der Waals surface area contributed by atoms with Crippen molar-refractivity contribution < 1.29 is 4.79 Å². The zero-order valence-electron chi connectivity index (χ0n) is 19.1. The van der Waals surface area contributed by atoms with Gasteiger partial charge in [0.2, 0.25) is 0 Å². The van der Waals surface area contributed by atoms with E-state index in [1.165, 1.54) is 10.5 Å². The summed E-state index contributed by atoms with van der Waals surface area (Å²) in [5, 5.41) is 12.0. The van der Waals surface area contributed by atoms with Crippen LogP contribution in [0.4, 0.5) is 0 Å². The molecular formula is C26H29N5O2. The first-order valence-corrected chi connectivity index (χ1v) is 11.4. The monoisotopic (exact) mass is 443 g/mol. The Kier molecular flexibility index (Phi) is 6.68. The van der Waals surface area contributed by atoms with Crippen LogP contribution in [-0.4, -0.2) is 19.9 Å². The third-order valence-corrected chi connectivity index (χ3v) is 5.83. The minimum absolute atomic E-state index is 0.0768. The Morgan fingerprint density at radius 3 is 2.64 bits per heavy atom. The average Bonchev–Trinajstić information content (AvgIpc) is 2.82. The van der Waals surface area contributed by atoms with Crippen LogP contribution in [0.1, 0.15) is 54.1 Å². The number of hydrogen-bond acceptors (Lipinski definition) is 4. The van der Waals surface area contributed by atoms with Gasteiger partial charge in [-0.3, -0.25) is 19.4 Å². The second-order valence-corrected chi connectivity index (χ2v) is 8.38. The Bertz CT molecular complexity index is 1420. The number of nitrogens with zero attached hydrogens (tertiary/aromatic N) is 3. The number of rotatable bonds is 8. The zero-order chi connectivity index (χ0) is 23.4. The van der Waals surface area contributed by atoms with Crippen LogP contribution in [0.5, 0.6) is 0 Å². The van der Waals surface area contributed by atoms with Crippen LogP contribution in [0.2, 0.25) is 0 Å². The van der Waals surface area contributed by atoms with Gasteiger partial charge in [-0.1, -0.05) is 62.6 Å². The molecule has 3 aromatic heterocycles. The number of amides is 1. The average molecular weight is 444 g/mol. The molecule has 7 heteroatoms. The lowest BCUT2D eigenvalue weighted by Crippen LogP contribution is -2.34. The van der Waals surface area contributed by atoms with E-state index in [2.05, 4.69) is 12.2 Å². The number of fused-ring (bicyclic) bond motifs is 2. The van der Waals surface area contributed by atoms with Crippen molar-refractivity contribution >= 4 is 22.6 Å². The van der Waals surface area contributed by atoms with E-state index < -0.39 is 0 Å². The van der Waals surface area contributed by atoms with Crippen molar-refractivity contribution in [2.45, 2.75) is 52.6 Å². The molecule has 0 aliphatic rings. The van der Waals surface area contributed by atoms with Crippen molar-refractivity contribution in [1.82, 2.24) is 19.3 Å². The van der Waals surface area contributed by atoms with Gasteiger partial charge in [0.15, 0.2) is 0 Å². The van der Waals surface area contributed by atoms with E-state index in [0.717, 1.165) is 36.8 Å². The summed E-state index contributed by atoms with van der Waals surface area (Å²) in [7, 11) is 0. The molecule has 170 valence electrons. The molecule has 0 saturated heterocycles. The maximum Gasteiger partial charge on any atom is 0.267 e. The summed E-state index contributed by atoms with van der Waals surface area (Å²) >= 11 is 0. The van der Waals surface area contributed by atoms with Gasteiger partial charge in [0.25, 0.3) is 11.5 Å². The van der Waals surface area contributed by atoms with Gasteiger partial charge in [-0.25, -0.2) is 4.98 Å². The van der Waals surface area contributed by atoms with E-state index in [9.17, 15) is 9.59 Å². The number of aryl methyl sites for hydroxylation is 2.